The average Bonchev–Trinajstić information content (AvgIpc) is 1.67. The molecule has 0 saturated heterocycles. The van der Waals surface area contributed by atoms with Crippen LogP contribution in [0.15, 0.2) is 0 Å². The largest absolute Gasteiger partial charge is 0.0788 e. The van der Waals surface area contributed by atoms with Gasteiger partial charge in [0.25, 0.3) is 0 Å². The summed E-state index contributed by atoms with van der Waals surface area (Å²) < 4.78 is 1.30. The summed E-state index contributed by atoms with van der Waals surface area (Å²) in [5.74, 6) is 0. The van der Waals surface area contributed by atoms with E-state index in [4.69, 9.17) is 0 Å². The minimum Gasteiger partial charge on any atom is -0.0788 e. The van der Waals surface area contributed by atoms with Crippen LogP contribution >= 0.6 is 45.2 Å². The molecule has 0 aromatic heterocycles. The Labute approximate surface area is 114 Å². The van der Waals surface area contributed by atoms with Gasteiger partial charge < -0.3 is 0 Å². The molecular formula is C12H18I2. The van der Waals surface area contributed by atoms with Crippen LogP contribution in [0.3, 0.4) is 0 Å². The van der Waals surface area contributed by atoms with Crippen molar-refractivity contribution >= 4 is 45.2 Å². The Morgan fingerprint density at radius 3 is 1.29 bits per heavy atom. The second-order valence-corrected chi connectivity index (χ2v) is 11.6. The highest BCUT2D eigenvalue weighted by Crippen LogP contribution is 2.72. The molecule has 4 aliphatic rings. The maximum absolute atomic E-state index is 2.79. The molecule has 0 aromatic carbocycles. The van der Waals surface area contributed by atoms with Gasteiger partial charge in [-0.1, -0.05) is 59.0 Å². The second kappa shape index (κ2) is 2.65. The third kappa shape index (κ3) is 1.49. The predicted molar refractivity (Wildman–Crippen MR) is 77.4 cm³/mol. The Kier molecular flexibility index (Phi) is 2.00. The Bertz CT molecular complexity index is 201. The summed E-state index contributed by atoms with van der Waals surface area (Å²) >= 11 is 5.58. The van der Waals surface area contributed by atoms with E-state index in [1.807, 2.05) is 0 Å². The van der Waals surface area contributed by atoms with E-state index in [1.165, 1.54) is 38.5 Å². The van der Waals surface area contributed by atoms with E-state index in [1.54, 1.807) is 0 Å². The van der Waals surface area contributed by atoms with Gasteiger partial charge in [-0.15, -0.1) is 0 Å². The monoisotopic (exact) mass is 416 g/mol. The van der Waals surface area contributed by atoms with Crippen LogP contribution < -0.4 is 0 Å². The van der Waals surface area contributed by atoms with Crippen molar-refractivity contribution in [1.29, 1.82) is 0 Å². The molecule has 0 N–H and O–H groups in total. The van der Waals surface area contributed by atoms with Gasteiger partial charge in [0, 0.05) is 6.84 Å². The highest BCUT2D eigenvalue weighted by Gasteiger charge is 2.63. The zero-order chi connectivity index (χ0) is 10.2. The molecule has 4 fully saturated rings. The van der Waals surface area contributed by atoms with Crippen LogP contribution in [0.2, 0.25) is 0 Å². The molecule has 4 rings (SSSR count). The van der Waals surface area contributed by atoms with Crippen molar-refractivity contribution in [3.05, 3.63) is 0 Å². The van der Waals surface area contributed by atoms with E-state index in [-0.39, 0.29) is 0 Å². The summed E-state index contributed by atoms with van der Waals surface area (Å²) in [6.45, 7) is 5.09. The number of halogens is 2. The molecule has 0 nitrogen and oxygen atoms in total. The SMILES string of the molecule is CC12CC3(C)CC(I)(C1)CC(I)(C2)C3. The molecule has 2 heteroatoms. The van der Waals surface area contributed by atoms with Crippen LogP contribution in [-0.4, -0.2) is 6.84 Å². The molecule has 0 spiro atoms. The summed E-state index contributed by atoms with van der Waals surface area (Å²) in [6, 6.07) is 0. The van der Waals surface area contributed by atoms with Crippen LogP contribution in [0.5, 0.6) is 0 Å². The Morgan fingerprint density at radius 2 is 1.00 bits per heavy atom. The van der Waals surface area contributed by atoms with E-state index < -0.39 is 0 Å². The minimum absolute atomic E-state index is 0.650. The Balaban J connectivity index is 2.08. The van der Waals surface area contributed by atoms with E-state index in [0.29, 0.717) is 17.7 Å². The third-order valence-electron chi connectivity index (χ3n) is 4.46. The smallest absolute Gasteiger partial charge is 0.0245 e. The van der Waals surface area contributed by atoms with Gasteiger partial charge in [-0.25, -0.2) is 0 Å². The van der Waals surface area contributed by atoms with Gasteiger partial charge in [0.2, 0.25) is 0 Å². The lowest BCUT2D eigenvalue weighted by Crippen LogP contribution is -2.61. The quantitative estimate of drug-likeness (QED) is 0.396. The standard InChI is InChI=1S/C12H18I2/c1-9-3-10(2)6-11(13,4-9)8-12(14,5-9)7-10/h3-8H2,1-2H3. The third-order valence-corrected chi connectivity index (χ3v) is 6.75. The van der Waals surface area contributed by atoms with Crippen LogP contribution in [0.1, 0.15) is 52.4 Å². The van der Waals surface area contributed by atoms with Crippen molar-refractivity contribution in [2.75, 3.05) is 0 Å². The first-order valence-corrected chi connectivity index (χ1v) is 7.78. The maximum atomic E-state index is 2.79. The van der Waals surface area contributed by atoms with Crippen molar-refractivity contribution in [2.45, 2.75) is 59.2 Å². The van der Waals surface area contributed by atoms with Crippen molar-refractivity contribution in [2.24, 2.45) is 10.8 Å². The van der Waals surface area contributed by atoms with E-state index in [9.17, 15) is 0 Å². The zero-order valence-corrected chi connectivity index (χ0v) is 13.3. The summed E-state index contributed by atoms with van der Waals surface area (Å²) in [6.07, 6.45) is 8.92. The van der Waals surface area contributed by atoms with Gasteiger partial charge in [0.05, 0.1) is 0 Å². The first-order chi connectivity index (χ1) is 6.24. The van der Waals surface area contributed by atoms with Gasteiger partial charge in [-0.05, 0) is 49.4 Å². The van der Waals surface area contributed by atoms with Gasteiger partial charge in [-0.3, -0.25) is 0 Å². The molecule has 0 amide bonds. The first-order valence-electron chi connectivity index (χ1n) is 5.62. The fourth-order valence-electron chi connectivity index (χ4n) is 5.41. The van der Waals surface area contributed by atoms with E-state index >= 15 is 0 Å². The fraction of sp³-hybridized carbons (Fsp3) is 1.00. The molecule has 0 atom stereocenters. The molecule has 0 aliphatic heterocycles. The van der Waals surface area contributed by atoms with Crippen LogP contribution in [0.4, 0.5) is 0 Å². The molecule has 0 aromatic rings. The van der Waals surface area contributed by atoms with Gasteiger partial charge >= 0.3 is 0 Å². The molecule has 4 aliphatic carbocycles. The molecular weight excluding hydrogens is 398 g/mol. The molecule has 0 radical (unpaired) electrons. The lowest BCUT2D eigenvalue weighted by molar-refractivity contribution is -0.0523. The fourth-order valence-corrected chi connectivity index (χ4v) is 11.3. The lowest BCUT2D eigenvalue weighted by atomic mass is 9.45. The second-order valence-electron chi connectivity index (χ2n) is 6.98. The van der Waals surface area contributed by atoms with Crippen molar-refractivity contribution < 1.29 is 0 Å². The minimum atomic E-state index is 0.650. The Hall–Kier alpha value is 1.46. The first kappa shape index (κ1) is 10.6. The normalized spacial score (nSPS) is 66.0. The van der Waals surface area contributed by atoms with E-state index in [0.717, 1.165) is 0 Å². The summed E-state index contributed by atoms with van der Waals surface area (Å²) in [5, 5.41) is 0. The molecule has 0 unspecified atom stereocenters. The van der Waals surface area contributed by atoms with Crippen LogP contribution in [-0.2, 0) is 0 Å². The van der Waals surface area contributed by atoms with Gasteiger partial charge in [0.1, 0.15) is 0 Å². The van der Waals surface area contributed by atoms with Crippen molar-refractivity contribution in [3.8, 4) is 0 Å². The van der Waals surface area contributed by atoms with Crippen molar-refractivity contribution in [1.82, 2.24) is 0 Å². The lowest BCUT2D eigenvalue weighted by Gasteiger charge is -2.66. The van der Waals surface area contributed by atoms with Crippen molar-refractivity contribution in [3.63, 3.8) is 0 Å². The number of hydrogen-bond acceptors (Lipinski definition) is 0. The van der Waals surface area contributed by atoms with Gasteiger partial charge in [0.15, 0.2) is 0 Å². The molecule has 14 heavy (non-hydrogen) atoms. The molecule has 80 valence electrons. The average molecular weight is 416 g/mol. The summed E-state index contributed by atoms with van der Waals surface area (Å²) in [7, 11) is 0. The topological polar surface area (TPSA) is 0 Å². The predicted octanol–water partition coefficient (Wildman–Crippen LogP) is 4.73. The highest BCUT2D eigenvalue weighted by molar-refractivity contribution is 14.1. The van der Waals surface area contributed by atoms with E-state index in [2.05, 4.69) is 59.0 Å². The maximum Gasteiger partial charge on any atom is 0.0245 e. The number of hydrogen-bond donors (Lipinski definition) is 0. The molecule has 4 saturated carbocycles. The summed E-state index contributed by atoms with van der Waals surface area (Å²) in [5.41, 5.74) is 1.34. The van der Waals surface area contributed by atoms with Crippen LogP contribution in [0.25, 0.3) is 0 Å². The van der Waals surface area contributed by atoms with Gasteiger partial charge in [-0.2, -0.15) is 0 Å². The van der Waals surface area contributed by atoms with Crippen LogP contribution in [0, 0.1) is 10.8 Å². The number of alkyl halides is 2. The molecule has 0 heterocycles. The zero-order valence-electron chi connectivity index (χ0n) is 9.00. The molecule has 4 bridgehead atoms. The summed E-state index contributed by atoms with van der Waals surface area (Å²) in [4.78, 5) is 0. The number of rotatable bonds is 0. The Morgan fingerprint density at radius 1 is 0.643 bits per heavy atom. The highest BCUT2D eigenvalue weighted by atomic mass is 127.